The Morgan fingerprint density at radius 2 is 2.33 bits per heavy atom. The molecule has 12 heavy (non-hydrogen) atoms. The Morgan fingerprint density at radius 3 is 2.67 bits per heavy atom. The molecular weight excluding hydrogens is 154 g/mol. The second-order valence-electron chi connectivity index (χ2n) is 2.18. The van der Waals surface area contributed by atoms with Gasteiger partial charge in [0.1, 0.15) is 0 Å². The smallest absolute Gasteiger partial charge is 0.409 e. The van der Waals surface area contributed by atoms with E-state index in [0.717, 1.165) is 4.90 Å². The molecule has 0 fully saturated rings. The molecule has 64 valence electrons. The summed E-state index contributed by atoms with van der Waals surface area (Å²) in [5, 5.41) is 8.66. The molecule has 1 N–H and O–H groups in total. The van der Waals surface area contributed by atoms with Crippen molar-refractivity contribution in [1.29, 1.82) is 0 Å². The van der Waals surface area contributed by atoms with Gasteiger partial charge in [0.2, 0.25) is 0 Å². The molecule has 3 nitrogen and oxygen atoms in total. The van der Waals surface area contributed by atoms with E-state index in [1.807, 2.05) is 0 Å². The fraction of sp³-hybridized carbons (Fsp3) is 0.444. The summed E-state index contributed by atoms with van der Waals surface area (Å²) in [6, 6.07) is -0.427. The summed E-state index contributed by atoms with van der Waals surface area (Å²) < 4.78 is 0. The van der Waals surface area contributed by atoms with Crippen LogP contribution >= 0.6 is 0 Å². The standard InChI is InChI=1S/C9H11NO2/c1-4-6-7-10(9(11)12)8(3)5-2/h2,8H,7H2,1,3H3,(H,11,12)/t8-/m1/s1. The van der Waals surface area contributed by atoms with Gasteiger partial charge in [-0.3, -0.25) is 4.90 Å². The maximum Gasteiger partial charge on any atom is 0.409 e. The van der Waals surface area contributed by atoms with Crippen LogP contribution in [0.1, 0.15) is 13.8 Å². The van der Waals surface area contributed by atoms with Crippen LogP contribution in [0.25, 0.3) is 0 Å². The van der Waals surface area contributed by atoms with E-state index >= 15 is 0 Å². The molecule has 0 saturated heterocycles. The Bertz CT molecular complexity index is 254. The van der Waals surface area contributed by atoms with Crippen molar-refractivity contribution in [1.82, 2.24) is 4.90 Å². The van der Waals surface area contributed by atoms with E-state index in [1.54, 1.807) is 13.8 Å². The number of amides is 1. The minimum Gasteiger partial charge on any atom is -0.465 e. The molecule has 0 rings (SSSR count). The SMILES string of the molecule is C#C[C@@H](C)N(CC#CC)C(=O)O. The molecule has 0 bridgehead atoms. The van der Waals surface area contributed by atoms with E-state index in [-0.39, 0.29) is 6.54 Å². The zero-order chi connectivity index (χ0) is 9.56. The molecular formula is C9H11NO2. The Morgan fingerprint density at radius 1 is 1.75 bits per heavy atom. The highest BCUT2D eigenvalue weighted by Crippen LogP contribution is 1.96. The molecule has 0 spiro atoms. The summed E-state index contributed by atoms with van der Waals surface area (Å²) in [6.45, 7) is 3.46. The second-order valence-corrected chi connectivity index (χ2v) is 2.18. The molecule has 0 saturated carbocycles. The topological polar surface area (TPSA) is 40.5 Å². The zero-order valence-corrected chi connectivity index (χ0v) is 7.16. The Labute approximate surface area is 72.4 Å². The van der Waals surface area contributed by atoms with Gasteiger partial charge in [0.15, 0.2) is 0 Å². The van der Waals surface area contributed by atoms with Crippen molar-refractivity contribution >= 4 is 6.09 Å². The van der Waals surface area contributed by atoms with Gasteiger partial charge in [0.05, 0.1) is 12.6 Å². The van der Waals surface area contributed by atoms with Gasteiger partial charge in [-0.1, -0.05) is 11.8 Å². The fourth-order valence-corrected chi connectivity index (χ4v) is 0.624. The monoisotopic (exact) mass is 165 g/mol. The van der Waals surface area contributed by atoms with Gasteiger partial charge in [-0.05, 0) is 13.8 Å². The molecule has 0 aromatic carbocycles. The second kappa shape index (κ2) is 5.09. The van der Waals surface area contributed by atoms with Crippen LogP contribution in [0.15, 0.2) is 0 Å². The predicted octanol–water partition coefficient (Wildman–Crippen LogP) is 1.01. The van der Waals surface area contributed by atoms with Crippen LogP contribution in [0.2, 0.25) is 0 Å². The largest absolute Gasteiger partial charge is 0.465 e. The molecule has 0 aromatic rings. The summed E-state index contributed by atoms with van der Waals surface area (Å²) in [6.07, 6.45) is 4.04. The number of carbonyl (C=O) groups is 1. The maximum absolute atomic E-state index is 10.6. The molecule has 1 atom stereocenters. The van der Waals surface area contributed by atoms with Crippen LogP contribution in [-0.4, -0.2) is 28.7 Å². The first-order valence-electron chi connectivity index (χ1n) is 3.48. The first-order chi connectivity index (χ1) is 5.63. The van der Waals surface area contributed by atoms with Crippen LogP contribution in [0.5, 0.6) is 0 Å². The quantitative estimate of drug-likeness (QED) is 0.620. The van der Waals surface area contributed by atoms with Crippen molar-refractivity contribution < 1.29 is 9.90 Å². The average molecular weight is 165 g/mol. The first-order valence-corrected chi connectivity index (χ1v) is 3.48. The van der Waals surface area contributed by atoms with E-state index in [1.165, 1.54) is 0 Å². The summed E-state index contributed by atoms with van der Waals surface area (Å²) in [7, 11) is 0. The maximum atomic E-state index is 10.6. The van der Waals surface area contributed by atoms with Crippen molar-refractivity contribution in [3.63, 3.8) is 0 Å². The van der Waals surface area contributed by atoms with Crippen LogP contribution in [0, 0.1) is 24.2 Å². The number of hydrogen-bond donors (Lipinski definition) is 1. The van der Waals surface area contributed by atoms with Crippen molar-refractivity contribution in [2.75, 3.05) is 6.54 Å². The molecule has 0 aliphatic carbocycles. The van der Waals surface area contributed by atoms with Crippen molar-refractivity contribution in [2.45, 2.75) is 19.9 Å². The van der Waals surface area contributed by atoms with Crippen LogP contribution in [-0.2, 0) is 0 Å². The zero-order valence-electron chi connectivity index (χ0n) is 7.16. The van der Waals surface area contributed by atoms with Crippen molar-refractivity contribution in [3.05, 3.63) is 0 Å². The number of hydrogen-bond acceptors (Lipinski definition) is 1. The third-order valence-corrected chi connectivity index (χ3v) is 1.38. The highest BCUT2D eigenvalue weighted by molar-refractivity contribution is 5.66. The van der Waals surface area contributed by atoms with Gasteiger partial charge in [0.25, 0.3) is 0 Å². The van der Waals surface area contributed by atoms with Gasteiger partial charge in [0, 0.05) is 0 Å². The van der Waals surface area contributed by atoms with E-state index in [4.69, 9.17) is 11.5 Å². The van der Waals surface area contributed by atoms with Crippen molar-refractivity contribution in [3.8, 4) is 24.2 Å². The van der Waals surface area contributed by atoms with Crippen LogP contribution < -0.4 is 0 Å². The van der Waals surface area contributed by atoms with Gasteiger partial charge in [-0.15, -0.1) is 12.3 Å². The Hall–Kier alpha value is -1.61. The molecule has 1 amide bonds. The van der Waals surface area contributed by atoms with Gasteiger partial charge in [-0.25, -0.2) is 4.79 Å². The minimum atomic E-state index is -1.04. The molecule has 0 unspecified atom stereocenters. The third-order valence-electron chi connectivity index (χ3n) is 1.38. The summed E-state index contributed by atoms with van der Waals surface area (Å²) in [5.74, 6) is 7.59. The molecule has 0 heterocycles. The molecule has 0 aliphatic heterocycles. The van der Waals surface area contributed by atoms with E-state index in [9.17, 15) is 4.79 Å². The summed E-state index contributed by atoms with van der Waals surface area (Å²) >= 11 is 0. The Kier molecular flexibility index (Phi) is 4.41. The minimum absolute atomic E-state index is 0.164. The number of nitrogens with zero attached hydrogens (tertiary/aromatic N) is 1. The molecule has 0 aromatic heterocycles. The lowest BCUT2D eigenvalue weighted by molar-refractivity contribution is 0.145. The third kappa shape index (κ3) is 2.98. The average Bonchev–Trinajstić information content (AvgIpc) is 2.04. The lowest BCUT2D eigenvalue weighted by Crippen LogP contribution is -2.36. The lowest BCUT2D eigenvalue weighted by atomic mass is 10.3. The highest BCUT2D eigenvalue weighted by Gasteiger charge is 2.15. The lowest BCUT2D eigenvalue weighted by Gasteiger charge is -2.19. The van der Waals surface area contributed by atoms with Gasteiger partial charge < -0.3 is 5.11 Å². The summed E-state index contributed by atoms with van der Waals surface area (Å²) in [5.41, 5.74) is 0. The normalized spacial score (nSPS) is 10.4. The first kappa shape index (κ1) is 10.4. The van der Waals surface area contributed by atoms with E-state index in [2.05, 4.69) is 17.8 Å². The fourth-order valence-electron chi connectivity index (χ4n) is 0.624. The highest BCUT2D eigenvalue weighted by atomic mass is 16.4. The number of terminal acetylenes is 1. The Balaban J connectivity index is 4.32. The van der Waals surface area contributed by atoms with Crippen LogP contribution in [0.4, 0.5) is 4.79 Å². The number of rotatable bonds is 2. The molecule has 3 heteroatoms. The predicted molar refractivity (Wildman–Crippen MR) is 46.5 cm³/mol. The molecule has 0 aliphatic rings. The van der Waals surface area contributed by atoms with Crippen LogP contribution in [0.3, 0.4) is 0 Å². The molecule has 0 radical (unpaired) electrons. The van der Waals surface area contributed by atoms with Crippen molar-refractivity contribution in [2.24, 2.45) is 0 Å². The van der Waals surface area contributed by atoms with E-state index in [0.29, 0.717) is 0 Å². The summed E-state index contributed by atoms with van der Waals surface area (Å²) in [4.78, 5) is 11.7. The van der Waals surface area contributed by atoms with Gasteiger partial charge >= 0.3 is 6.09 Å². The number of carboxylic acid groups (broad SMARTS) is 1. The van der Waals surface area contributed by atoms with E-state index < -0.39 is 12.1 Å². The van der Waals surface area contributed by atoms with Gasteiger partial charge in [-0.2, -0.15) is 0 Å².